The average Bonchev–Trinajstić information content (AvgIpc) is 3.17. The minimum Gasteiger partial charge on any atom is -0.467 e. The summed E-state index contributed by atoms with van der Waals surface area (Å²) < 4.78 is 43.5. The molecule has 0 fully saturated rings. The summed E-state index contributed by atoms with van der Waals surface area (Å²) in [5, 5.41) is 9.45. The van der Waals surface area contributed by atoms with E-state index in [0.717, 1.165) is 10.7 Å². The van der Waals surface area contributed by atoms with Gasteiger partial charge in [0, 0.05) is 30.4 Å². The third-order valence-electron chi connectivity index (χ3n) is 4.27. The Hall–Kier alpha value is -3.31. The van der Waals surface area contributed by atoms with E-state index in [2.05, 4.69) is 20.7 Å². The van der Waals surface area contributed by atoms with E-state index in [1.807, 2.05) is 0 Å². The molecule has 0 spiro atoms. The number of carbonyl (C=O) groups is 2. The highest BCUT2D eigenvalue weighted by molar-refractivity contribution is 6.31. The molecular formula is C20H17Cl2F3N5O3+. The summed E-state index contributed by atoms with van der Waals surface area (Å²) in [7, 11) is 1.41. The summed E-state index contributed by atoms with van der Waals surface area (Å²) in [5.41, 5.74) is 0.524. The van der Waals surface area contributed by atoms with E-state index in [-0.39, 0.29) is 32.8 Å². The van der Waals surface area contributed by atoms with Crippen molar-refractivity contribution in [3.63, 3.8) is 0 Å². The highest BCUT2D eigenvalue weighted by Gasteiger charge is 2.30. The third-order valence-corrected chi connectivity index (χ3v) is 4.80. The van der Waals surface area contributed by atoms with Crippen molar-refractivity contribution < 1.29 is 39.1 Å². The molecule has 8 nitrogen and oxygen atoms in total. The topological polar surface area (TPSA) is 98.1 Å². The zero-order chi connectivity index (χ0) is 24.3. The lowest BCUT2D eigenvalue weighted by Crippen LogP contribution is -2.23. The first-order valence-corrected chi connectivity index (χ1v) is 10.0. The third kappa shape index (κ3) is 5.74. The Morgan fingerprint density at radius 2 is 1.97 bits per heavy atom. The lowest BCUT2D eigenvalue weighted by atomic mass is 10.1. The van der Waals surface area contributed by atoms with E-state index in [9.17, 15) is 22.8 Å². The Morgan fingerprint density at radius 1 is 1.24 bits per heavy atom. The molecule has 174 valence electrons. The number of anilines is 1. The summed E-state index contributed by atoms with van der Waals surface area (Å²) in [6.45, 7) is 0.0222. The van der Waals surface area contributed by atoms with Crippen LogP contribution in [0.3, 0.4) is 0 Å². The van der Waals surface area contributed by atoms with E-state index >= 15 is 0 Å². The van der Waals surface area contributed by atoms with Crippen molar-refractivity contribution in [1.82, 2.24) is 20.1 Å². The Kier molecular flexibility index (Phi) is 7.13. The van der Waals surface area contributed by atoms with Crippen molar-refractivity contribution in [2.45, 2.75) is 13.1 Å². The number of halogens is 5. The van der Waals surface area contributed by atoms with E-state index in [0.29, 0.717) is 5.56 Å². The molecule has 0 unspecified atom stereocenters. The van der Waals surface area contributed by atoms with Gasteiger partial charge >= 0.3 is 6.18 Å². The van der Waals surface area contributed by atoms with Crippen LogP contribution >= 0.6 is 11.6 Å². The van der Waals surface area contributed by atoms with Crippen molar-refractivity contribution in [3.8, 4) is 11.7 Å². The largest absolute Gasteiger partial charge is 0.467 e. The van der Waals surface area contributed by atoms with Crippen LogP contribution in [0.15, 0.2) is 36.5 Å². The molecule has 0 saturated carbocycles. The van der Waals surface area contributed by atoms with Gasteiger partial charge in [0.1, 0.15) is 5.69 Å². The fourth-order valence-electron chi connectivity index (χ4n) is 2.85. The van der Waals surface area contributed by atoms with Crippen LogP contribution in [0.25, 0.3) is 5.82 Å². The van der Waals surface area contributed by atoms with Gasteiger partial charge in [-0.3, -0.25) is 9.59 Å². The van der Waals surface area contributed by atoms with Crippen LogP contribution in [0.1, 0.15) is 26.4 Å². The molecule has 0 aliphatic heterocycles. The number of amides is 2. The second-order valence-electron chi connectivity index (χ2n) is 6.69. The number of hydrogen-bond acceptors (Lipinski definition) is 5. The quantitative estimate of drug-likeness (QED) is 0.537. The van der Waals surface area contributed by atoms with Gasteiger partial charge in [0.05, 0.1) is 11.3 Å². The molecule has 2 N–H and O–H groups in total. The molecule has 1 aromatic carbocycles. The first kappa shape index (κ1) is 24.3. The summed E-state index contributed by atoms with van der Waals surface area (Å²) in [4.78, 5) is 29.5. The Morgan fingerprint density at radius 3 is 2.61 bits per heavy atom. The molecule has 2 amide bonds. The summed E-state index contributed by atoms with van der Waals surface area (Å²) >= 11 is 11.2. The van der Waals surface area contributed by atoms with Crippen LogP contribution in [0.5, 0.6) is 5.88 Å². The number of benzene rings is 1. The number of carbonyl (C=O) groups excluding carboxylic acids is 2. The number of nitrogens with zero attached hydrogens (tertiary/aromatic N) is 3. The van der Waals surface area contributed by atoms with Gasteiger partial charge in [-0.15, -0.1) is 5.10 Å². The summed E-state index contributed by atoms with van der Waals surface area (Å²) in [6.07, 6.45) is -3.22. The molecule has 3 rings (SSSR count). The molecule has 0 aliphatic carbocycles. The molecular weight excluding hydrogens is 486 g/mol. The standard InChI is InChI=1S/C20H16Cl2F3N5O3/c1-10-6-11(21)7-12(18(31)26-2)16(10)28-19(32)14-8-15(33-9-20(23,24)25)29-30(14)17-13(22)4-3-5-27-17/h3-8,22H,9H2,1-2H3,(H-,26,28,31,32)/p+1. The number of ether oxygens (including phenoxy) is 1. The van der Waals surface area contributed by atoms with E-state index in [4.69, 9.17) is 27.9 Å². The van der Waals surface area contributed by atoms with Gasteiger partial charge in [-0.2, -0.15) is 13.2 Å². The van der Waals surface area contributed by atoms with Gasteiger partial charge in [-0.1, -0.05) is 11.6 Å². The average molecular weight is 503 g/mol. The van der Waals surface area contributed by atoms with Gasteiger partial charge in [0.2, 0.25) is 11.7 Å². The van der Waals surface area contributed by atoms with Gasteiger partial charge in [-0.25, -0.2) is 9.67 Å². The normalized spacial score (nSPS) is 11.2. The number of rotatable bonds is 6. The maximum atomic E-state index is 13.2. The van der Waals surface area contributed by atoms with Gasteiger partial charge < -0.3 is 15.4 Å². The van der Waals surface area contributed by atoms with Crippen LogP contribution in [-0.2, 0) is 0 Å². The van der Waals surface area contributed by atoms with Gasteiger partial charge in [-0.05, 0) is 30.7 Å². The number of pyridine rings is 1. The molecule has 33 heavy (non-hydrogen) atoms. The van der Waals surface area contributed by atoms with Crippen molar-refractivity contribution in [2.75, 3.05) is 19.0 Å². The monoisotopic (exact) mass is 502 g/mol. The van der Waals surface area contributed by atoms with Gasteiger partial charge in [0.25, 0.3) is 16.8 Å². The SMILES string of the molecule is CNC(=O)c1cc(Cl)cc(C)c1NC(=O)c1cc(OCC(F)(F)F)nn1-c1ncccc1[ClH+]. The van der Waals surface area contributed by atoms with E-state index in [1.54, 1.807) is 19.1 Å². The first-order chi connectivity index (χ1) is 15.5. The molecule has 2 heterocycles. The smallest absolute Gasteiger partial charge is 0.422 e. The lowest BCUT2D eigenvalue weighted by Gasteiger charge is -2.14. The molecule has 0 atom stereocenters. The molecule has 0 aliphatic rings. The number of alkyl halides is 3. The second kappa shape index (κ2) is 9.67. The van der Waals surface area contributed by atoms with E-state index < -0.39 is 30.5 Å². The molecule has 3 aromatic rings. The van der Waals surface area contributed by atoms with E-state index in [1.165, 1.54) is 25.4 Å². The molecule has 0 radical (unpaired) electrons. The highest BCUT2D eigenvalue weighted by atomic mass is 35.5. The molecule has 0 bridgehead atoms. The first-order valence-electron chi connectivity index (χ1n) is 9.25. The van der Waals surface area contributed by atoms with Crippen LogP contribution in [0.4, 0.5) is 18.9 Å². The lowest BCUT2D eigenvalue weighted by molar-refractivity contribution is -0.289. The fraction of sp³-hybridized carbons (Fsp3) is 0.200. The van der Waals surface area contributed by atoms with Crippen molar-refractivity contribution in [2.24, 2.45) is 0 Å². The molecule has 13 heteroatoms. The maximum Gasteiger partial charge on any atom is 0.422 e. The number of hydrogen-bond donors (Lipinski definition) is 2. The van der Waals surface area contributed by atoms with Crippen molar-refractivity contribution >= 4 is 29.1 Å². The predicted octanol–water partition coefficient (Wildman–Crippen LogP) is 3.48. The Bertz CT molecular complexity index is 1210. The minimum atomic E-state index is -4.61. The molecule has 0 saturated heterocycles. The zero-order valence-electron chi connectivity index (χ0n) is 17.2. The fourth-order valence-corrected chi connectivity index (χ4v) is 3.34. The zero-order valence-corrected chi connectivity index (χ0v) is 18.7. The number of nitrogens with one attached hydrogen (secondary N) is 2. The minimum absolute atomic E-state index is 0.0406. The van der Waals surface area contributed by atoms with Crippen LogP contribution in [-0.4, -0.2) is 46.4 Å². The Balaban J connectivity index is 2.05. The summed E-state index contributed by atoms with van der Waals surface area (Å²) in [5.74, 6) is -1.72. The van der Waals surface area contributed by atoms with Crippen molar-refractivity contribution in [1.29, 1.82) is 0 Å². The van der Waals surface area contributed by atoms with Crippen LogP contribution in [0.2, 0.25) is 10.0 Å². The second-order valence-corrected chi connectivity index (χ2v) is 7.56. The molecule has 2 aromatic heterocycles. The van der Waals surface area contributed by atoms with Crippen LogP contribution < -0.4 is 15.4 Å². The highest BCUT2D eigenvalue weighted by Crippen LogP contribution is 2.28. The van der Waals surface area contributed by atoms with Crippen LogP contribution in [0, 0.1) is 18.5 Å². The number of aromatic nitrogens is 3. The van der Waals surface area contributed by atoms with Crippen molar-refractivity contribution in [3.05, 3.63) is 63.4 Å². The Labute approximate surface area is 195 Å². The van der Waals surface area contributed by atoms with Gasteiger partial charge in [0.15, 0.2) is 18.2 Å². The summed E-state index contributed by atoms with van der Waals surface area (Å²) in [6, 6.07) is 7.01. The number of aryl methyl sites for hydroxylation is 1. The predicted molar refractivity (Wildman–Crippen MR) is 111 cm³/mol. The maximum absolute atomic E-state index is 13.2.